The summed E-state index contributed by atoms with van der Waals surface area (Å²) in [5, 5.41) is 43.9. The first kappa shape index (κ1) is 15.5. The van der Waals surface area contributed by atoms with Crippen molar-refractivity contribution in [3.8, 4) is 17.6 Å². The molecule has 0 radical (unpaired) electrons. The van der Waals surface area contributed by atoms with Gasteiger partial charge in [0.05, 0.1) is 20.7 Å². The van der Waals surface area contributed by atoms with E-state index in [2.05, 4.69) is 4.98 Å². The largest absolute Gasteiger partial charge is 0.872 e. The number of hydrogen-bond donors (Lipinski definition) is 0. The Balaban J connectivity index is 2.13. The minimum atomic E-state index is -0.958. The molecule has 3 rings (SSSR count). The molecular formula is C16H7N3O4S-2. The maximum Gasteiger partial charge on any atom is 0.262 e. The second-order valence-corrected chi connectivity index (χ2v) is 5.80. The van der Waals surface area contributed by atoms with E-state index in [1.807, 2.05) is 24.3 Å². The van der Waals surface area contributed by atoms with Gasteiger partial charge in [-0.15, -0.1) is 17.1 Å². The Morgan fingerprint density at radius 3 is 2.67 bits per heavy atom. The number of aromatic nitrogens is 1. The van der Waals surface area contributed by atoms with Crippen molar-refractivity contribution >= 4 is 38.9 Å². The van der Waals surface area contributed by atoms with E-state index in [1.165, 1.54) is 17.4 Å². The van der Waals surface area contributed by atoms with Crippen LogP contribution in [0.5, 0.6) is 11.5 Å². The molecule has 0 aliphatic heterocycles. The van der Waals surface area contributed by atoms with Crippen LogP contribution in [0.3, 0.4) is 0 Å². The zero-order valence-corrected chi connectivity index (χ0v) is 12.7. The van der Waals surface area contributed by atoms with E-state index in [0.717, 1.165) is 10.8 Å². The molecule has 0 saturated heterocycles. The number of nitriles is 1. The summed E-state index contributed by atoms with van der Waals surface area (Å²) in [6, 6.07) is 10.8. The molecule has 0 fully saturated rings. The van der Waals surface area contributed by atoms with E-state index in [1.54, 1.807) is 6.07 Å². The van der Waals surface area contributed by atoms with Gasteiger partial charge in [-0.2, -0.15) is 5.26 Å². The Hall–Kier alpha value is -3.44. The topological polar surface area (TPSA) is 126 Å². The van der Waals surface area contributed by atoms with Gasteiger partial charge in [-0.1, -0.05) is 18.2 Å². The zero-order chi connectivity index (χ0) is 17.3. The molecule has 0 spiro atoms. The van der Waals surface area contributed by atoms with Crippen LogP contribution in [0.15, 0.2) is 36.4 Å². The lowest BCUT2D eigenvalue weighted by Gasteiger charge is -2.15. The average molecular weight is 337 g/mol. The number of thiazole rings is 1. The van der Waals surface area contributed by atoms with Crippen LogP contribution in [0.25, 0.3) is 21.9 Å². The first-order chi connectivity index (χ1) is 11.5. The van der Waals surface area contributed by atoms with Crippen molar-refractivity contribution in [1.82, 2.24) is 4.98 Å². The Bertz CT molecular complexity index is 1000. The van der Waals surface area contributed by atoms with Crippen LogP contribution in [-0.2, 0) is 0 Å². The maximum atomic E-state index is 11.9. The highest BCUT2D eigenvalue weighted by Gasteiger charge is 2.12. The van der Waals surface area contributed by atoms with Gasteiger partial charge in [0.15, 0.2) is 0 Å². The van der Waals surface area contributed by atoms with Crippen molar-refractivity contribution in [2.75, 3.05) is 0 Å². The van der Waals surface area contributed by atoms with Crippen LogP contribution in [0.2, 0.25) is 0 Å². The molecule has 3 aromatic rings. The number of allylic oxidation sites excluding steroid dienone is 1. The minimum absolute atomic E-state index is 0.0984. The molecule has 118 valence electrons. The first-order valence-corrected chi connectivity index (χ1v) is 7.45. The zero-order valence-electron chi connectivity index (χ0n) is 11.9. The monoisotopic (exact) mass is 337 g/mol. The summed E-state index contributed by atoms with van der Waals surface area (Å²) in [6.45, 7) is 0. The summed E-state index contributed by atoms with van der Waals surface area (Å²) in [5.41, 5.74) is 0.00248. The second-order valence-electron chi connectivity index (χ2n) is 4.77. The van der Waals surface area contributed by atoms with E-state index in [-0.39, 0.29) is 11.1 Å². The van der Waals surface area contributed by atoms with E-state index < -0.39 is 22.1 Å². The lowest BCUT2D eigenvalue weighted by atomic mass is 10.1. The normalized spacial score (nSPS) is 11.4. The number of rotatable bonds is 3. The number of fused-ring (bicyclic) bond motifs is 1. The molecule has 0 N–H and O–H groups in total. The second kappa shape index (κ2) is 5.98. The first-order valence-electron chi connectivity index (χ1n) is 6.64. The number of nitrogens with zero attached hydrogens (tertiary/aromatic N) is 3. The van der Waals surface area contributed by atoms with Gasteiger partial charge in [-0.25, -0.2) is 4.98 Å². The summed E-state index contributed by atoms with van der Waals surface area (Å²) >= 11 is 1.27. The maximum absolute atomic E-state index is 11.9. The molecule has 0 atom stereocenters. The van der Waals surface area contributed by atoms with Crippen LogP contribution >= 0.6 is 11.3 Å². The highest BCUT2D eigenvalue weighted by molar-refractivity contribution is 7.19. The molecule has 0 aliphatic carbocycles. The Labute approximate surface area is 139 Å². The summed E-state index contributed by atoms with van der Waals surface area (Å²) in [7, 11) is 0. The van der Waals surface area contributed by atoms with Gasteiger partial charge in [0.1, 0.15) is 11.1 Å². The lowest BCUT2D eigenvalue weighted by molar-refractivity contribution is -0.398. The summed E-state index contributed by atoms with van der Waals surface area (Å²) in [4.78, 5) is 14.3. The molecular weight excluding hydrogens is 330 g/mol. The SMILES string of the molecule is N#C/C(=C\c1cc([N+](=O)[O-])c([O-])cc1[O-])c1nc2ccccc2s1. The molecule has 0 aliphatic rings. The van der Waals surface area contributed by atoms with Crippen LogP contribution in [0.4, 0.5) is 5.69 Å². The molecule has 2 aromatic carbocycles. The smallest absolute Gasteiger partial charge is 0.262 e. The van der Waals surface area contributed by atoms with Crippen LogP contribution in [-0.4, -0.2) is 9.91 Å². The fraction of sp³-hybridized carbons (Fsp3) is 0. The molecule has 8 heteroatoms. The van der Waals surface area contributed by atoms with Gasteiger partial charge >= 0.3 is 0 Å². The number of hydrogen-bond acceptors (Lipinski definition) is 7. The van der Waals surface area contributed by atoms with Gasteiger partial charge < -0.3 is 10.2 Å². The molecule has 0 saturated carbocycles. The molecule has 0 bridgehead atoms. The third-order valence-electron chi connectivity index (χ3n) is 3.23. The third-order valence-corrected chi connectivity index (χ3v) is 4.30. The van der Waals surface area contributed by atoms with Crippen molar-refractivity contribution in [2.24, 2.45) is 0 Å². The van der Waals surface area contributed by atoms with Crippen molar-refractivity contribution in [1.29, 1.82) is 5.26 Å². The predicted octanol–water partition coefficient (Wildman–Crippen LogP) is 2.42. The van der Waals surface area contributed by atoms with Crippen molar-refractivity contribution in [2.45, 2.75) is 0 Å². The Morgan fingerprint density at radius 1 is 1.25 bits per heavy atom. The fourth-order valence-electron chi connectivity index (χ4n) is 2.11. The third kappa shape index (κ3) is 2.76. The molecule has 24 heavy (non-hydrogen) atoms. The number of nitro groups is 1. The predicted molar refractivity (Wildman–Crippen MR) is 85.1 cm³/mol. The highest BCUT2D eigenvalue weighted by atomic mass is 32.1. The van der Waals surface area contributed by atoms with E-state index in [4.69, 9.17) is 0 Å². The number of nitro benzene ring substituents is 1. The standard InChI is InChI=1S/C16H9N3O4S/c17-8-10(16-18-11-3-1-2-4-15(11)24-16)5-9-6-12(19(22)23)14(21)7-13(9)20/h1-7,20-21H/p-2/b10-5+. The number of benzene rings is 2. The highest BCUT2D eigenvalue weighted by Crippen LogP contribution is 2.33. The van der Waals surface area contributed by atoms with Crippen LogP contribution in [0.1, 0.15) is 10.6 Å². The van der Waals surface area contributed by atoms with Crippen molar-refractivity contribution < 1.29 is 15.1 Å². The molecule has 1 aromatic heterocycles. The van der Waals surface area contributed by atoms with Crippen LogP contribution in [0, 0.1) is 21.4 Å². The van der Waals surface area contributed by atoms with Gasteiger partial charge in [0.25, 0.3) is 5.69 Å². The molecule has 7 nitrogen and oxygen atoms in total. The summed E-state index contributed by atoms with van der Waals surface area (Å²) in [6.07, 6.45) is 1.21. The van der Waals surface area contributed by atoms with Crippen LogP contribution < -0.4 is 10.2 Å². The average Bonchev–Trinajstić information content (AvgIpc) is 2.97. The van der Waals surface area contributed by atoms with E-state index in [9.17, 15) is 25.6 Å². The van der Waals surface area contributed by atoms with Crippen molar-refractivity contribution in [3.05, 3.63) is 57.1 Å². The minimum Gasteiger partial charge on any atom is -0.872 e. The lowest BCUT2D eigenvalue weighted by Crippen LogP contribution is -2.02. The number of para-hydroxylation sites is 1. The van der Waals surface area contributed by atoms with Gasteiger partial charge in [0.2, 0.25) is 0 Å². The summed E-state index contributed by atoms with van der Waals surface area (Å²) in [5.74, 6) is -1.64. The van der Waals surface area contributed by atoms with Crippen molar-refractivity contribution in [3.63, 3.8) is 0 Å². The Morgan fingerprint density at radius 2 is 2.00 bits per heavy atom. The van der Waals surface area contributed by atoms with Gasteiger partial charge in [-0.3, -0.25) is 10.1 Å². The summed E-state index contributed by atoms with van der Waals surface area (Å²) < 4.78 is 0.872. The van der Waals surface area contributed by atoms with Gasteiger partial charge in [0, 0.05) is 6.07 Å². The molecule has 0 unspecified atom stereocenters. The Kier molecular flexibility index (Phi) is 3.85. The van der Waals surface area contributed by atoms with E-state index >= 15 is 0 Å². The fourth-order valence-corrected chi connectivity index (χ4v) is 3.04. The molecule has 0 amide bonds. The molecule has 1 heterocycles. The van der Waals surface area contributed by atoms with E-state index in [0.29, 0.717) is 16.6 Å². The van der Waals surface area contributed by atoms with Gasteiger partial charge in [-0.05, 0) is 29.5 Å². The quantitative estimate of drug-likeness (QED) is 0.410.